The first-order valence-corrected chi connectivity index (χ1v) is 12.5. The van der Waals surface area contributed by atoms with Crippen LogP contribution in [-0.4, -0.2) is 40.1 Å². The van der Waals surface area contributed by atoms with Crippen molar-refractivity contribution in [1.29, 1.82) is 0 Å². The van der Waals surface area contributed by atoms with Crippen molar-refractivity contribution < 1.29 is 19.1 Å². The SMILES string of the molecule is NC(=O)c1ccc(C2CCN(C(=O)C=CCBr)CC2)nc1Oc1ccc(Oc2ccccc2)cc1. The summed E-state index contributed by atoms with van der Waals surface area (Å²) in [4.78, 5) is 30.7. The van der Waals surface area contributed by atoms with E-state index in [0.717, 1.165) is 24.3 Å². The van der Waals surface area contributed by atoms with Gasteiger partial charge < -0.3 is 20.1 Å². The summed E-state index contributed by atoms with van der Waals surface area (Å²) in [5, 5.41) is 0.650. The van der Waals surface area contributed by atoms with Gasteiger partial charge in [-0.1, -0.05) is 40.2 Å². The molecular weight excluding hydrogens is 510 g/mol. The molecule has 35 heavy (non-hydrogen) atoms. The molecule has 2 aromatic carbocycles. The van der Waals surface area contributed by atoms with E-state index in [1.165, 1.54) is 0 Å². The number of halogens is 1. The molecule has 1 aliphatic rings. The smallest absolute Gasteiger partial charge is 0.254 e. The second kappa shape index (κ2) is 11.7. The molecule has 0 aliphatic carbocycles. The maximum atomic E-state index is 12.2. The number of pyridine rings is 1. The van der Waals surface area contributed by atoms with Crippen molar-refractivity contribution in [3.8, 4) is 23.1 Å². The Morgan fingerprint density at radius 2 is 1.57 bits per heavy atom. The van der Waals surface area contributed by atoms with Crippen LogP contribution >= 0.6 is 15.9 Å². The van der Waals surface area contributed by atoms with Crippen molar-refractivity contribution in [1.82, 2.24) is 9.88 Å². The van der Waals surface area contributed by atoms with Crippen LogP contribution in [0.25, 0.3) is 0 Å². The number of hydrogen-bond donors (Lipinski definition) is 1. The Labute approximate surface area is 212 Å². The third-order valence-electron chi connectivity index (χ3n) is 5.74. The van der Waals surface area contributed by atoms with Gasteiger partial charge in [-0.2, -0.15) is 0 Å². The first-order valence-electron chi connectivity index (χ1n) is 11.4. The van der Waals surface area contributed by atoms with Gasteiger partial charge in [0.25, 0.3) is 5.91 Å². The van der Waals surface area contributed by atoms with Crippen LogP contribution in [0.4, 0.5) is 0 Å². The zero-order chi connectivity index (χ0) is 24.6. The van der Waals surface area contributed by atoms with Gasteiger partial charge in [-0.15, -0.1) is 0 Å². The molecule has 0 saturated carbocycles. The standard InChI is InChI=1S/C27H26BrN3O4/c28-16-4-7-25(32)31-17-14-19(15-18-31)24-13-12-23(26(29)33)27(30-24)35-22-10-8-21(9-11-22)34-20-5-2-1-3-6-20/h1-13,19H,14-18H2,(H2,29,33). The molecule has 0 bridgehead atoms. The second-order valence-corrected chi connectivity index (χ2v) is 8.75. The summed E-state index contributed by atoms with van der Waals surface area (Å²) < 4.78 is 11.8. The van der Waals surface area contributed by atoms with Crippen molar-refractivity contribution in [2.24, 2.45) is 5.73 Å². The third-order valence-corrected chi connectivity index (χ3v) is 6.11. The van der Waals surface area contributed by atoms with E-state index >= 15 is 0 Å². The first-order chi connectivity index (χ1) is 17.0. The van der Waals surface area contributed by atoms with Crippen LogP contribution in [0.1, 0.15) is 34.8 Å². The molecule has 7 nitrogen and oxygen atoms in total. The van der Waals surface area contributed by atoms with Gasteiger partial charge in [0, 0.05) is 30.0 Å². The predicted molar refractivity (Wildman–Crippen MR) is 137 cm³/mol. The maximum absolute atomic E-state index is 12.2. The van der Waals surface area contributed by atoms with Crippen LogP contribution in [0.5, 0.6) is 23.1 Å². The van der Waals surface area contributed by atoms with Crippen LogP contribution in [0, 0.1) is 0 Å². The molecule has 1 saturated heterocycles. The molecule has 0 unspecified atom stereocenters. The molecule has 8 heteroatoms. The highest BCUT2D eigenvalue weighted by Crippen LogP contribution is 2.32. The van der Waals surface area contributed by atoms with Gasteiger partial charge in [-0.3, -0.25) is 9.59 Å². The van der Waals surface area contributed by atoms with Crippen molar-refractivity contribution in [3.63, 3.8) is 0 Å². The molecule has 0 atom stereocenters. The Morgan fingerprint density at radius 1 is 0.943 bits per heavy atom. The molecule has 0 radical (unpaired) electrons. The van der Waals surface area contributed by atoms with Crippen molar-refractivity contribution in [2.45, 2.75) is 18.8 Å². The molecule has 2 amide bonds. The summed E-state index contributed by atoms with van der Waals surface area (Å²) in [6.45, 7) is 1.29. The number of carbonyl (C=O) groups is 2. The molecule has 2 heterocycles. The van der Waals surface area contributed by atoms with Crippen molar-refractivity contribution >= 4 is 27.7 Å². The Morgan fingerprint density at radius 3 is 2.20 bits per heavy atom. The lowest BCUT2D eigenvalue weighted by Crippen LogP contribution is -2.37. The number of alkyl halides is 1. The Balaban J connectivity index is 1.45. The lowest BCUT2D eigenvalue weighted by atomic mass is 9.92. The summed E-state index contributed by atoms with van der Waals surface area (Å²) in [5.74, 6) is 1.64. The maximum Gasteiger partial charge on any atom is 0.254 e. The minimum atomic E-state index is -0.609. The largest absolute Gasteiger partial charge is 0.457 e. The quantitative estimate of drug-likeness (QED) is 0.307. The fourth-order valence-corrected chi connectivity index (χ4v) is 4.09. The Kier molecular flexibility index (Phi) is 8.15. The number of aromatic nitrogens is 1. The minimum Gasteiger partial charge on any atom is -0.457 e. The number of benzene rings is 2. The summed E-state index contributed by atoms with van der Waals surface area (Å²) in [6.07, 6.45) is 4.95. The van der Waals surface area contributed by atoms with Crippen LogP contribution < -0.4 is 15.2 Å². The lowest BCUT2D eigenvalue weighted by molar-refractivity contribution is -0.127. The summed E-state index contributed by atoms with van der Waals surface area (Å²) in [5.41, 5.74) is 6.60. The highest BCUT2D eigenvalue weighted by atomic mass is 79.9. The summed E-state index contributed by atoms with van der Waals surface area (Å²) >= 11 is 3.29. The number of rotatable bonds is 8. The number of ether oxygens (including phenoxy) is 2. The number of likely N-dealkylation sites (tertiary alicyclic amines) is 1. The van der Waals surface area contributed by atoms with E-state index in [9.17, 15) is 9.59 Å². The van der Waals surface area contributed by atoms with E-state index in [0.29, 0.717) is 29.9 Å². The second-order valence-electron chi connectivity index (χ2n) is 8.10. The fraction of sp³-hybridized carbons (Fsp3) is 0.222. The van der Waals surface area contributed by atoms with E-state index in [2.05, 4.69) is 20.9 Å². The monoisotopic (exact) mass is 535 g/mol. The van der Waals surface area contributed by atoms with E-state index in [1.54, 1.807) is 42.5 Å². The highest BCUT2D eigenvalue weighted by Gasteiger charge is 2.25. The zero-order valence-corrected chi connectivity index (χ0v) is 20.7. The topological polar surface area (TPSA) is 94.8 Å². The van der Waals surface area contributed by atoms with Crippen LogP contribution in [0.2, 0.25) is 0 Å². The van der Waals surface area contributed by atoms with Crippen LogP contribution in [0.3, 0.4) is 0 Å². The van der Waals surface area contributed by atoms with E-state index < -0.39 is 5.91 Å². The number of allylic oxidation sites excluding steroid dienone is 1. The highest BCUT2D eigenvalue weighted by molar-refractivity contribution is 9.09. The van der Waals surface area contributed by atoms with Gasteiger partial charge in [0.15, 0.2) is 0 Å². The van der Waals surface area contributed by atoms with E-state index in [1.807, 2.05) is 41.3 Å². The number of para-hydroxylation sites is 1. The van der Waals surface area contributed by atoms with Gasteiger partial charge >= 0.3 is 0 Å². The third kappa shape index (κ3) is 6.48. The van der Waals surface area contributed by atoms with Crippen LogP contribution in [0.15, 0.2) is 78.9 Å². The van der Waals surface area contributed by atoms with Crippen molar-refractivity contribution in [2.75, 3.05) is 18.4 Å². The van der Waals surface area contributed by atoms with Gasteiger partial charge in [0.1, 0.15) is 22.8 Å². The number of carbonyl (C=O) groups excluding carboxylic acids is 2. The van der Waals surface area contributed by atoms with E-state index in [4.69, 9.17) is 15.2 Å². The van der Waals surface area contributed by atoms with Gasteiger partial charge in [0.05, 0.1) is 0 Å². The zero-order valence-electron chi connectivity index (χ0n) is 19.1. The molecule has 0 spiro atoms. The molecule has 1 fully saturated rings. The van der Waals surface area contributed by atoms with E-state index in [-0.39, 0.29) is 23.3 Å². The molecule has 1 aliphatic heterocycles. The van der Waals surface area contributed by atoms with Crippen molar-refractivity contribution in [3.05, 3.63) is 90.1 Å². The number of hydrogen-bond acceptors (Lipinski definition) is 5. The predicted octanol–water partition coefficient (Wildman–Crippen LogP) is 5.42. The number of nitrogens with zero attached hydrogens (tertiary/aromatic N) is 2. The molecule has 1 aromatic heterocycles. The summed E-state index contributed by atoms with van der Waals surface area (Å²) in [6, 6.07) is 20.0. The average molecular weight is 536 g/mol. The van der Waals surface area contributed by atoms with Crippen LogP contribution in [-0.2, 0) is 4.79 Å². The number of piperidine rings is 1. The molecular formula is C27H26BrN3O4. The van der Waals surface area contributed by atoms with Gasteiger partial charge in [0.2, 0.25) is 11.8 Å². The average Bonchev–Trinajstić information content (AvgIpc) is 2.89. The summed E-state index contributed by atoms with van der Waals surface area (Å²) in [7, 11) is 0. The van der Waals surface area contributed by atoms with Gasteiger partial charge in [-0.25, -0.2) is 4.98 Å². The number of amides is 2. The number of primary amides is 1. The molecule has 2 N–H and O–H groups in total. The fourth-order valence-electron chi connectivity index (χ4n) is 3.91. The minimum absolute atomic E-state index is 0.0173. The molecule has 3 aromatic rings. The molecule has 4 rings (SSSR count). The molecule has 180 valence electrons. The first kappa shape index (κ1) is 24.5. The number of nitrogens with two attached hydrogens (primary N) is 1. The Bertz CT molecular complexity index is 1190. The lowest BCUT2D eigenvalue weighted by Gasteiger charge is -2.31. The normalized spacial score (nSPS) is 14.1. The Hall–Kier alpha value is -3.65. The van der Waals surface area contributed by atoms with Gasteiger partial charge in [-0.05, 0) is 67.4 Å².